The summed E-state index contributed by atoms with van der Waals surface area (Å²) in [6.45, 7) is 6.07. The third-order valence-electron chi connectivity index (χ3n) is 5.81. The van der Waals surface area contributed by atoms with Gasteiger partial charge in [-0.25, -0.2) is 9.38 Å². The zero-order chi connectivity index (χ0) is 20.9. The van der Waals surface area contributed by atoms with E-state index in [4.69, 9.17) is 10.5 Å². The van der Waals surface area contributed by atoms with Crippen molar-refractivity contribution in [2.75, 3.05) is 6.54 Å². The lowest BCUT2D eigenvalue weighted by atomic mass is 9.96. The molecule has 29 heavy (non-hydrogen) atoms. The van der Waals surface area contributed by atoms with E-state index in [9.17, 15) is 14.0 Å². The zero-order valence-corrected chi connectivity index (χ0v) is 16.9. The first-order valence-corrected chi connectivity index (χ1v) is 10.0. The van der Waals surface area contributed by atoms with Crippen molar-refractivity contribution in [3.8, 4) is 5.75 Å². The van der Waals surface area contributed by atoms with E-state index in [1.165, 1.54) is 17.0 Å². The minimum Gasteiger partial charge on any atom is -0.490 e. The number of guanidine groups is 1. The van der Waals surface area contributed by atoms with E-state index in [0.717, 1.165) is 0 Å². The van der Waals surface area contributed by atoms with E-state index in [1.807, 2.05) is 20.8 Å². The first-order valence-electron chi connectivity index (χ1n) is 10.0. The van der Waals surface area contributed by atoms with Crippen LogP contribution in [0.2, 0.25) is 0 Å². The molecule has 7 nitrogen and oxygen atoms in total. The predicted octanol–water partition coefficient (Wildman–Crippen LogP) is 2.12. The highest BCUT2D eigenvalue weighted by molar-refractivity contribution is 5.99. The van der Waals surface area contributed by atoms with Crippen LogP contribution in [0.4, 0.5) is 4.39 Å². The van der Waals surface area contributed by atoms with Gasteiger partial charge in [-0.1, -0.05) is 0 Å². The van der Waals surface area contributed by atoms with Crippen LogP contribution in [0.1, 0.15) is 51.6 Å². The second kappa shape index (κ2) is 7.00. The first-order chi connectivity index (χ1) is 13.6. The van der Waals surface area contributed by atoms with Crippen molar-refractivity contribution in [2.24, 2.45) is 22.6 Å². The molecule has 0 radical (unpaired) electrons. The van der Waals surface area contributed by atoms with Gasteiger partial charge in [0.2, 0.25) is 11.8 Å². The summed E-state index contributed by atoms with van der Waals surface area (Å²) in [5.41, 5.74) is 6.16. The molecular weight excluding hydrogens is 375 g/mol. The highest BCUT2D eigenvalue weighted by Crippen LogP contribution is 2.42. The van der Waals surface area contributed by atoms with Gasteiger partial charge in [0.15, 0.2) is 5.96 Å². The molecule has 4 atom stereocenters. The second-order valence-electron chi connectivity index (χ2n) is 8.97. The molecule has 4 rings (SSSR count). The highest BCUT2D eigenvalue weighted by atomic mass is 19.1. The number of nitrogens with one attached hydrogen (secondary N) is 1. The number of hydrogen-bond acceptors (Lipinski definition) is 5. The third kappa shape index (κ3) is 4.06. The fourth-order valence-electron chi connectivity index (χ4n) is 4.24. The maximum absolute atomic E-state index is 13.7. The molecule has 0 spiro atoms. The number of fused-ring (bicyclic) bond motifs is 1. The van der Waals surface area contributed by atoms with Crippen LogP contribution in [-0.4, -0.2) is 40.9 Å². The van der Waals surface area contributed by atoms with E-state index in [0.29, 0.717) is 37.1 Å². The van der Waals surface area contributed by atoms with Crippen molar-refractivity contribution in [2.45, 2.75) is 57.7 Å². The molecule has 2 heterocycles. The third-order valence-corrected chi connectivity index (χ3v) is 5.81. The largest absolute Gasteiger partial charge is 0.490 e. The Morgan fingerprint density at radius 2 is 2.17 bits per heavy atom. The molecular formula is C21H27FN4O3. The molecule has 2 unspecified atom stereocenters. The summed E-state index contributed by atoms with van der Waals surface area (Å²) in [6, 6.07) is 4.09. The Labute approximate surface area is 169 Å². The van der Waals surface area contributed by atoms with Gasteiger partial charge in [-0.05, 0) is 51.3 Å². The molecule has 156 valence electrons. The number of ether oxygens (including phenoxy) is 1. The topological polar surface area (TPSA) is 97.0 Å². The predicted molar refractivity (Wildman–Crippen MR) is 106 cm³/mol. The van der Waals surface area contributed by atoms with Crippen molar-refractivity contribution in [3.05, 3.63) is 29.6 Å². The average Bonchev–Trinajstić information content (AvgIpc) is 3.37. The Bertz CT molecular complexity index is 885. The van der Waals surface area contributed by atoms with E-state index in [1.54, 1.807) is 6.07 Å². The standard InChI is InChI=1S/C21H27FN4O3/c1-11-6-16(15-8-13(22)4-5-17(15)29-11)24-19(28)14-7-12(14)10-26-18(27)9-21(2,3)25-20(26)23/h4-5,8,11-12,14,16H,6-7,9-10H2,1-3H3,(H2,23,25)(H,24,28)/t11?,12-,14?,16+/m1/s1. The lowest BCUT2D eigenvalue weighted by molar-refractivity contribution is -0.130. The minimum atomic E-state index is -0.486. The van der Waals surface area contributed by atoms with Gasteiger partial charge in [-0.15, -0.1) is 0 Å². The maximum Gasteiger partial charge on any atom is 0.231 e. The Balaban J connectivity index is 1.39. The summed E-state index contributed by atoms with van der Waals surface area (Å²) >= 11 is 0. The molecule has 2 amide bonds. The summed E-state index contributed by atoms with van der Waals surface area (Å²) < 4.78 is 19.4. The van der Waals surface area contributed by atoms with Crippen molar-refractivity contribution >= 4 is 17.8 Å². The Morgan fingerprint density at radius 1 is 1.41 bits per heavy atom. The molecule has 1 aromatic carbocycles. The fourth-order valence-corrected chi connectivity index (χ4v) is 4.24. The van der Waals surface area contributed by atoms with E-state index >= 15 is 0 Å². The van der Waals surface area contributed by atoms with Crippen LogP contribution in [0, 0.1) is 17.7 Å². The summed E-state index contributed by atoms with van der Waals surface area (Å²) in [6.07, 6.45) is 1.51. The lowest BCUT2D eigenvalue weighted by Gasteiger charge is -2.33. The van der Waals surface area contributed by atoms with Gasteiger partial charge in [0.1, 0.15) is 11.6 Å². The van der Waals surface area contributed by atoms with Crippen LogP contribution < -0.4 is 15.8 Å². The van der Waals surface area contributed by atoms with Crippen LogP contribution >= 0.6 is 0 Å². The number of hydrogen-bond donors (Lipinski definition) is 2. The second-order valence-corrected chi connectivity index (χ2v) is 8.97. The van der Waals surface area contributed by atoms with Crippen LogP contribution in [-0.2, 0) is 9.59 Å². The number of amides is 2. The normalized spacial score (nSPS) is 30.1. The number of nitrogens with zero attached hydrogens (tertiary/aromatic N) is 2. The number of aliphatic imine (C=N–C) groups is 1. The van der Waals surface area contributed by atoms with Gasteiger partial charge in [0.05, 0.1) is 24.1 Å². The smallest absolute Gasteiger partial charge is 0.231 e. The summed E-state index contributed by atoms with van der Waals surface area (Å²) in [5, 5.41) is 3.05. The van der Waals surface area contributed by atoms with E-state index < -0.39 is 5.54 Å². The van der Waals surface area contributed by atoms with E-state index in [-0.39, 0.29) is 47.6 Å². The van der Waals surface area contributed by atoms with Crippen LogP contribution in [0.25, 0.3) is 0 Å². The van der Waals surface area contributed by atoms with Gasteiger partial charge in [0.25, 0.3) is 0 Å². The van der Waals surface area contributed by atoms with Gasteiger partial charge in [-0.3, -0.25) is 14.5 Å². The maximum atomic E-state index is 13.7. The van der Waals surface area contributed by atoms with Crippen LogP contribution in [0.3, 0.4) is 0 Å². The number of benzene rings is 1. The summed E-state index contributed by atoms with van der Waals surface area (Å²) in [4.78, 5) is 31.1. The molecule has 3 N–H and O–H groups in total. The highest BCUT2D eigenvalue weighted by Gasteiger charge is 2.46. The molecule has 2 aliphatic heterocycles. The minimum absolute atomic E-state index is 0.0538. The lowest BCUT2D eigenvalue weighted by Crippen LogP contribution is -2.50. The van der Waals surface area contributed by atoms with Gasteiger partial charge in [-0.2, -0.15) is 0 Å². The Hall–Kier alpha value is -2.64. The summed E-state index contributed by atoms with van der Waals surface area (Å²) in [7, 11) is 0. The average molecular weight is 402 g/mol. The molecule has 8 heteroatoms. The van der Waals surface area contributed by atoms with Crippen LogP contribution in [0.15, 0.2) is 23.2 Å². The SMILES string of the molecule is CC1C[C@H](NC(=O)C2C[C@@H]2CN2C(=O)CC(C)(C)N=C2N)c2cc(F)ccc2O1. The molecule has 3 aliphatic rings. The monoisotopic (exact) mass is 402 g/mol. The van der Waals surface area contributed by atoms with Gasteiger partial charge in [0, 0.05) is 24.4 Å². The number of rotatable bonds is 4. The number of carbonyl (C=O) groups is 2. The fraction of sp³-hybridized carbons (Fsp3) is 0.571. The number of halogens is 1. The molecule has 1 aromatic rings. The molecule has 0 aromatic heterocycles. The molecule has 1 fully saturated rings. The van der Waals surface area contributed by atoms with Crippen molar-refractivity contribution in [3.63, 3.8) is 0 Å². The zero-order valence-electron chi connectivity index (χ0n) is 16.9. The van der Waals surface area contributed by atoms with Crippen molar-refractivity contribution in [1.82, 2.24) is 10.2 Å². The Morgan fingerprint density at radius 3 is 2.90 bits per heavy atom. The van der Waals surface area contributed by atoms with Gasteiger partial charge >= 0.3 is 0 Å². The Kier molecular flexibility index (Phi) is 4.75. The summed E-state index contributed by atoms with van der Waals surface area (Å²) in [5.74, 6) is 0.208. The first kappa shape index (κ1) is 19.7. The molecule has 1 saturated carbocycles. The molecule has 0 saturated heterocycles. The number of nitrogens with two attached hydrogens (primary N) is 1. The van der Waals surface area contributed by atoms with Crippen molar-refractivity contribution in [1.29, 1.82) is 0 Å². The van der Waals surface area contributed by atoms with E-state index in [2.05, 4.69) is 10.3 Å². The van der Waals surface area contributed by atoms with Crippen molar-refractivity contribution < 1.29 is 18.7 Å². The van der Waals surface area contributed by atoms with Gasteiger partial charge < -0.3 is 15.8 Å². The quantitative estimate of drug-likeness (QED) is 0.806. The number of carbonyl (C=O) groups excluding carboxylic acids is 2. The molecule has 0 bridgehead atoms. The van der Waals surface area contributed by atoms with Crippen LogP contribution in [0.5, 0.6) is 5.75 Å². The molecule has 1 aliphatic carbocycles.